The molecule has 0 bridgehead atoms. The standard InChI is InChI=1S/C14H24N2O/c1-12-11-13(7-8-15)5-6-14(12)16(2)9-4-10-17-3/h5-6,11H,4,7-10,15H2,1-3H3. The first-order chi connectivity index (χ1) is 8.19. The molecule has 3 heteroatoms. The minimum atomic E-state index is 0.711. The normalized spacial score (nSPS) is 10.6. The van der Waals surface area contributed by atoms with Gasteiger partial charge < -0.3 is 15.4 Å². The van der Waals surface area contributed by atoms with Gasteiger partial charge in [0.2, 0.25) is 0 Å². The fourth-order valence-electron chi connectivity index (χ4n) is 2.03. The first-order valence-electron chi connectivity index (χ1n) is 6.18. The first kappa shape index (κ1) is 14.0. The minimum Gasteiger partial charge on any atom is -0.385 e. The van der Waals surface area contributed by atoms with E-state index in [1.807, 2.05) is 0 Å². The smallest absolute Gasteiger partial charge is 0.0479 e. The van der Waals surface area contributed by atoms with E-state index in [1.165, 1.54) is 16.8 Å². The van der Waals surface area contributed by atoms with Crippen LogP contribution in [0.15, 0.2) is 18.2 Å². The predicted octanol–water partition coefficient (Wildman–Crippen LogP) is 1.97. The van der Waals surface area contributed by atoms with Crippen LogP contribution in [0.3, 0.4) is 0 Å². The lowest BCUT2D eigenvalue weighted by molar-refractivity contribution is 0.196. The van der Waals surface area contributed by atoms with E-state index < -0.39 is 0 Å². The molecule has 1 aromatic carbocycles. The van der Waals surface area contributed by atoms with Crippen molar-refractivity contribution in [3.63, 3.8) is 0 Å². The third kappa shape index (κ3) is 4.36. The van der Waals surface area contributed by atoms with Crippen LogP contribution in [-0.2, 0) is 11.2 Å². The van der Waals surface area contributed by atoms with Crippen molar-refractivity contribution in [3.8, 4) is 0 Å². The van der Waals surface area contributed by atoms with Gasteiger partial charge >= 0.3 is 0 Å². The van der Waals surface area contributed by atoms with Gasteiger partial charge in [-0.05, 0) is 43.5 Å². The highest BCUT2D eigenvalue weighted by Crippen LogP contribution is 2.20. The number of aryl methyl sites for hydroxylation is 1. The molecule has 0 heterocycles. The highest BCUT2D eigenvalue weighted by atomic mass is 16.5. The minimum absolute atomic E-state index is 0.711. The van der Waals surface area contributed by atoms with Crippen molar-refractivity contribution < 1.29 is 4.74 Å². The van der Waals surface area contributed by atoms with Crippen LogP contribution in [0.2, 0.25) is 0 Å². The Morgan fingerprint density at radius 3 is 2.71 bits per heavy atom. The Balaban J connectivity index is 2.63. The first-order valence-corrected chi connectivity index (χ1v) is 6.18. The van der Waals surface area contributed by atoms with Crippen LogP contribution in [0, 0.1) is 6.92 Å². The van der Waals surface area contributed by atoms with Crippen molar-refractivity contribution >= 4 is 5.69 Å². The molecule has 0 amide bonds. The summed E-state index contributed by atoms with van der Waals surface area (Å²) in [5, 5.41) is 0. The Morgan fingerprint density at radius 2 is 2.12 bits per heavy atom. The molecule has 0 fully saturated rings. The molecule has 0 aromatic heterocycles. The average molecular weight is 236 g/mol. The number of rotatable bonds is 7. The SMILES string of the molecule is COCCCN(C)c1ccc(CCN)cc1C. The van der Waals surface area contributed by atoms with Gasteiger partial charge in [0, 0.05) is 33.0 Å². The summed E-state index contributed by atoms with van der Waals surface area (Å²) in [6.07, 6.45) is 2.01. The van der Waals surface area contributed by atoms with Crippen LogP contribution in [0.5, 0.6) is 0 Å². The molecule has 96 valence electrons. The van der Waals surface area contributed by atoms with Gasteiger partial charge in [0.1, 0.15) is 0 Å². The highest BCUT2D eigenvalue weighted by Gasteiger charge is 2.05. The third-order valence-corrected chi connectivity index (χ3v) is 2.95. The quantitative estimate of drug-likeness (QED) is 0.736. The van der Waals surface area contributed by atoms with E-state index in [0.717, 1.165) is 26.0 Å². The summed E-state index contributed by atoms with van der Waals surface area (Å²) >= 11 is 0. The summed E-state index contributed by atoms with van der Waals surface area (Å²) in [7, 11) is 3.87. The molecule has 0 unspecified atom stereocenters. The van der Waals surface area contributed by atoms with Gasteiger partial charge in [-0.2, -0.15) is 0 Å². The van der Waals surface area contributed by atoms with E-state index in [1.54, 1.807) is 7.11 Å². The molecule has 0 aliphatic rings. The molecule has 0 aliphatic heterocycles. The summed E-state index contributed by atoms with van der Waals surface area (Å²) < 4.78 is 5.07. The lowest BCUT2D eigenvalue weighted by Crippen LogP contribution is -2.20. The van der Waals surface area contributed by atoms with Crippen LogP contribution in [0.25, 0.3) is 0 Å². The van der Waals surface area contributed by atoms with Gasteiger partial charge in [-0.25, -0.2) is 0 Å². The van der Waals surface area contributed by atoms with E-state index in [4.69, 9.17) is 10.5 Å². The maximum Gasteiger partial charge on any atom is 0.0479 e. The summed E-state index contributed by atoms with van der Waals surface area (Å²) in [4.78, 5) is 2.28. The fraction of sp³-hybridized carbons (Fsp3) is 0.571. The molecule has 0 spiro atoms. The molecule has 0 saturated heterocycles. The number of hydrogen-bond donors (Lipinski definition) is 1. The summed E-state index contributed by atoms with van der Waals surface area (Å²) in [6.45, 7) is 4.70. The molecule has 1 aromatic rings. The largest absolute Gasteiger partial charge is 0.385 e. The third-order valence-electron chi connectivity index (χ3n) is 2.95. The number of nitrogens with zero attached hydrogens (tertiary/aromatic N) is 1. The van der Waals surface area contributed by atoms with Crippen LogP contribution in [0.4, 0.5) is 5.69 Å². The summed E-state index contributed by atoms with van der Waals surface area (Å²) in [5.41, 5.74) is 9.49. The topological polar surface area (TPSA) is 38.5 Å². The summed E-state index contributed by atoms with van der Waals surface area (Å²) in [6, 6.07) is 6.59. The maximum absolute atomic E-state index is 5.57. The average Bonchev–Trinajstić information content (AvgIpc) is 2.29. The molecule has 1 rings (SSSR count). The highest BCUT2D eigenvalue weighted by molar-refractivity contribution is 5.53. The number of ether oxygens (including phenoxy) is 1. The Labute approximate surface area is 105 Å². The Kier molecular flexibility index (Phi) is 6.01. The second-order valence-corrected chi connectivity index (χ2v) is 4.43. The molecule has 0 aliphatic carbocycles. The lowest BCUT2D eigenvalue weighted by Gasteiger charge is -2.21. The zero-order chi connectivity index (χ0) is 12.7. The van der Waals surface area contributed by atoms with E-state index in [0.29, 0.717) is 6.54 Å². The van der Waals surface area contributed by atoms with E-state index in [-0.39, 0.29) is 0 Å². The zero-order valence-electron chi connectivity index (χ0n) is 11.2. The van der Waals surface area contributed by atoms with Gasteiger partial charge in [-0.1, -0.05) is 12.1 Å². The molecule has 0 saturated carbocycles. The number of benzene rings is 1. The van der Waals surface area contributed by atoms with Crippen molar-refractivity contribution in [3.05, 3.63) is 29.3 Å². The van der Waals surface area contributed by atoms with Crippen molar-refractivity contribution in [1.29, 1.82) is 0 Å². The monoisotopic (exact) mass is 236 g/mol. The second-order valence-electron chi connectivity index (χ2n) is 4.43. The van der Waals surface area contributed by atoms with Crippen molar-refractivity contribution in [2.24, 2.45) is 5.73 Å². The molecule has 0 atom stereocenters. The van der Waals surface area contributed by atoms with Gasteiger partial charge in [-0.15, -0.1) is 0 Å². The number of methoxy groups -OCH3 is 1. The second kappa shape index (κ2) is 7.30. The van der Waals surface area contributed by atoms with Gasteiger partial charge in [0.25, 0.3) is 0 Å². The van der Waals surface area contributed by atoms with Crippen molar-refractivity contribution in [2.75, 3.05) is 38.8 Å². The van der Waals surface area contributed by atoms with Crippen LogP contribution in [-0.4, -0.2) is 33.9 Å². The number of nitrogens with two attached hydrogens (primary N) is 1. The molecule has 3 nitrogen and oxygen atoms in total. The van der Waals surface area contributed by atoms with Gasteiger partial charge in [-0.3, -0.25) is 0 Å². The number of anilines is 1. The molecule has 2 N–H and O–H groups in total. The molecule has 17 heavy (non-hydrogen) atoms. The molecule has 0 radical (unpaired) electrons. The van der Waals surface area contributed by atoms with Crippen molar-refractivity contribution in [2.45, 2.75) is 19.8 Å². The fourth-order valence-corrected chi connectivity index (χ4v) is 2.03. The van der Waals surface area contributed by atoms with Gasteiger partial charge in [0.05, 0.1) is 0 Å². The lowest BCUT2D eigenvalue weighted by atomic mass is 10.1. The van der Waals surface area contributed by atoms with E-state index >= 15 is 0 Å². The van der Waals surface area contributed by atoms with Crippen LogP contribution < -0.4 is 10.6 Å². The van der Waals surface area contributed by atoms with E-state index in [2.05, 4.69) is 37.1 Å². The van der Waals surface area contributed by atoms with Crippen LogP contribution in [0.1, 0.15) is 17.5 Å². The van der Waals surface area contributed by atoms with E-state index in [9.17, 15) is 0 Å². The number of hydrogen-bond acceptors (Lipinski definition) is 3. The Hall–Kier alpha value is -1.06. The molecular formula is C14H24N2O. The zero-order valence-corrected chi connectivity index (χ0v) is 11.2. The predicted molar refractivity (Wildman–Crippen MR) is 73.7 cm³/mol. The Morgan fingerprint density at radius 1 is 1.35 bits per heavy atom. The van der Waals surface area contributed by atoms with Crippen molar-refractivity contribution in [1.82, 2.24) is 0 Å². The Bertz CT molecular complexity index is 339. The maximum atomic E-state index is 5.57. The molecular weight excluding hydrogens is 212 g/mol. The summed E-state index contributed by atoms with van der Waals surface area (Å²) in [5.74, 6) is 0. The van der Waals surface area contributed by atoms with Gasteiger partial charge in [0.15, 0.2) is 0 Å². The van der Waals surface area contributed by atoms with Crippen LogP contribution >= 0.6 is 0 Å².